The van der Waals surface area contributed by atoms with E-state index in [-0.39, 0.29) is 5.91 Å². The second-order valence-electron chi connectivity index (χ2n) is 8.22. The zero-order valence-corrected chi connectivity index (χ0v) is 17.8. The van der Waals surface area contributed by atoms with Crippen molar-refractivity contribution in [2.45, 2.75) is 45.6 Å². The molecule has 6 nitrogen and oxygen atoms in total. The number of benzene rings is 1. The summed E-state index contributed by atoms with van der Waals surface area (Å²) >= 11 is 0. The lowest BCUT2D eigenvalue weighted by Crippen LogP contribution is -2.41. The maximum absolute atomic E-state index is 12.4. The summed E-state index contributed by atoms with van der Waals surface area (Å²) in [6.45, 7) is 7.19. The van der Waals surface area contributed by atoms with E-state index in [2.05, 4.69) is 57.9 Å². The topological polar surface area (TPSA) is 53.4 Å². The van der Waals surface area contributed by atoms with Crippen molar-refractivity contribution in [1.29, 1.82) is 0 Å². The van der Waals surface area contributed by atoms with Crippen LogP contribution in [0.5, 0.6) is 0 Å². The number of para-hydroxylation sites is 1. The first-order chi connectivity index (χ1) is 14.2. The van der Waals surface area contributed by atoms with Crippen LogP contribution in [0.25, 0.3) is 0 Å². The molecule has 2 aliphatic rings. The van der Waals surface area contributed by atoms with E-state index in [1.54, 1.807) is 0 Å². The minimum Gasteiger partial charge on any atom is -0.371 e. The number of carbonyl (C=O) groups is 1. The first-order valence-corrected chi connectivity index (χ1v) is 11.0. The normalized spacial score (nSPS) is 16.4. The van der Waals surface area contributed by atoms with E-state index >= 15 is 0 Å². The van der Waals surface area contributed by atoms with Crippen LogP contribution in [0.4, 0.5) is 5.69 Å². The highest BCUT2D eigenvalue weighted by Gasteiger charge is 2.23. The van der Waals surface area contributed by atoms with E-state index in [1.807, 2.05) is 0 Å². The van der Waals surface area contributed by atoms with Crippen molar-refractivity contribution in [3.63, 3.8) is 0 Å². The zero-order valence-electron chi connectivity index (χ0n) is 17.8. The van der Waals surface area contributed by atoms with E-state index in [9.17, 15) is 4.79 Å². The third-order valence-electron chi connectivity index (χ3n) is 6.24. The molecule has 2 aliphatic heterocycles. The van der Waals surface area contributed by atoms with Gasteiger partial charge in [-0.2, -0.15) is 0 Å². The van der Waals surface area contributed by atoms with Crippen LogP contribution in [0.3, 0.4) is 0 Å². The molecule has 0 saturated heterocycles. The Kier molecular flexibility index (Phi) is 6.19. The molecule has 0 spiro atoms. The van der Waals surface area contributed by atoms with Gasteiger partial charge in [-0.1, -0.05) is 25.1 Å². The third kappa shape index (κ3) is 4.47. The largest absolute Gasteiger partial charge is 0.371 e. The lowest BCUT2D eigenvalue weighted by Gasteiger charge is -2.31. The van der Waals surface area contributed by atoms with E-state index in [1.165, 1.54) is 35.5 Å². The number of amides is 1. The molecule has 1 aromatic heterocycles. The molecule has 1 amide bonds. The highest BCUT2D eigenvalue weighted by molar-refractivity contribution is 5.78. The number of anilines is 1. The van der Waals surface area contributed by atoms with Gasteiger partial charge in [0, 0.05) is 58.3 Å². The van der Waals surface area contributed by atoms with Crippen LogP contribution in [-0.4, -0.2) is 53.1 Å². The molecule has 0 bridgehead atoms. The lowest BCUT2D eigenvalue weighted by molar-refractivity contribution is -0.122. The van der Waals surface area contributed by atoms with Crippen molar-refractivity contribution < 1.29 is 4.79 Å². The smallest absolute Gasteiger partial charge is 0.234 e. The Morgan fingerprint density at radius 2 is 2.07 bits per heavy atom. The van der Waals surface area contributed by atoms with Crippen LogP contribution < -0.4 is 10.2 Å². The van der Waals surface area contributed by atoms with E-state index in [4.69, 9.17) is 4.98 Å². The number of rotatable bonds is 7. The zero-order chi connectivity index (χ0) is 20.2. The van der Waals surface area contributed by atoms with Crippen LogP contribution in [0, 0.1) is 0 Å². The molecule has 29 heavy (non-hydrogen) atoms. The molecular formula is C23H33N5O. The summed E-state index contributed by atoms with van der Waals surface area (Å²) in [5.74, 6) is 1.27. The Hall–Kier alpha value is -2.34. The second-order valence-corrected chi connectivity index (χ2v) is 8.22. The van der Waals surface area contributed by atoms with Crippen molar-refractivity contribution in [1.82, 2.24) is 19.8 Å². The van der Waals surface area contributed by atoms with Gasteiger partial charge in [0.15, 0.2) is 0 Å². The SMILES string of the molecule is CCc1nc2c(n1C)CN(CC(=O)NCCCN1CCCc3ccccc31)CC2. The number of imidazole rings is 1. The van der Waals surface area contributed by atoms with Gasteiger partial charge in [0.1, 0.15) is 5.82 Å². The molecule has 1 aromatic carbocycles. The van der Waals surface area contributed by atoms with E-state index < -0.39 is 0 Å². The molecule has 0 fully saturated rings. The average Bonchev–Trinajstić information content (AvgIpc) is 3.06. The van der Waals surface area contributed by atoms with Gasteiger partial charge in [0.25, 0.3) is 0 Å². The summed E-state index contributed by atoms with van der Waals surface area (Å²) in [4.78, 5) is 21.9. The first kappa shape index (κ1) is 20.0. The number of fused-ring (bicyclic) bond motifs is 2. The lowest BCUT2D eigenvalue weighted by atomic mass is 10.0. The summed E-state index contributed by atoms with van der Waals surface area (Å²) < 4.78 is 2.20. The van der Waals surface area contributed by atoms with Gasteiger partial charge < -0.3 is 14.8 Å². The van der Waals surface area contributed by atoms with Gasteiger partial charge in [-0.25, -0.2) is 4.98 Å². The van der Waals surface area contributed by atoms with Gasteiger partial charge in [-0.15, -0.1) is 0 Å². The average molecular weight is 396 g/mol. The molecule has 4 rings (SSSR count). The number of aryl methyl sites for hydroxylation is 2. The molecule has 0 radical (unpaired) electrons. The Morgan fingerprint density at radius 1 is 1.21 bits per heavy atom. The van der Waals surface area contributed by atoms with Crippen LogP contribution in [0.1, 0.15) is 42.5 Å². The summed E-state index contributed by atoms with van der Waals surface area (Å²) in [5, 5.41) is 3.12. The molecule has 0 saturated carbocycles. The highest BCUT2D eigenvalue weighted by Crippen LogP contribution is 2.26. The fourth-order valence-electron chi connectivity index (χ4n) is 4.65. The quantitative estimate of drug-likeness (QED) is 0.731. The number of hydrogen-bond donors (Lipinski definition) is 1. The van der Waals surface area contributed by atoms with Crippen LogP contribution in [-0.2, 0) is 37.6 Å². The Morgan fingerprint density at radius 3 is 2.93 bits per heavy atom. The van der Waals surface area contributed by atoms with Crippen molar-refractivity contribution in [2.24, 2.45) is 7.05 Å². The standard InChI is InChI=1S/C23H33N5O/c1-3-22-25-19-11-15-27(16-21(19)26(22)2)17-23(29)24-12-7-14-28-13-6-9-18-8-4-5-10-20(18)28/h4-5,8,10H,3,6-7,9,11-17H2,1-2H3,(H,24,29). The van der Waals surface area contributed by atoms with Crippen molar-refractivity contribution in [2.75, 3.05) is 37.6 Å². The minimum absolute atomic E-state index is 0.130. The van der Waals surface area contributed by atoms with Gasteiger partial charge in [-0.05, 0) is 30.9 Å². The van der Waals surface area contributed by atoms with Crippen molar-refractivity contribution >= 4 is 11.6 Å². The van der Waals surface area contributed by atoms with Gasteiger partial charge in [0.05, 0.1) is 17.9 Å². The summed E-state index contributed by atoms with van der Waals surface area (Å²) in [6.07, 6.45) is 5.26. The van der Waals surface area contributed by atoms with Gasteiger partial charge in [0.2, 0.25) is 5.91 Å². The Bertz CT molecular complexity index is 859. The fraction of sp³-hybridized carbons (Fsp3) is 0.565. The van der Waals surface area contributed by atoms with Crippen molar-refractivity contribution in [3.8, 4) is 0 Å². The molecule has 6 heteroatoms. The number of nitrogens with zero attached hydrogens (tertiary/aromatic N) is 4. The summed E-state index contributed by atoms with van der Waals surface area (Å²) in [6, 6.07) is 8.70. The van der Waals surface area contributed by atoms with Crippen molar-refractivity contribution in [3.05, 3.63) is 47.0 Å². The molecule has 0 atom stereocenters. The molecule has 1 N–H and O–H groups in total. The van der Waals surface area contributed by atoms with E-state index in [0.717, 1.165) is 57.8 Å². The maximum atomic E-state index is 12.4. The highest BCUT2D eigenvalue weighted by atomic mass is 16.2. The molecule has 0 aliphatic carbocycles. The second kappa shape index (κ2) is 8.99. The third-order valence-corrected chi connectivity index (χ3v) is 6.24. The molecular weight excluding hydrogens is 362 g/mol. The molecule has 2 aromatic rings. The summed E-state index contributed by atoms with van der Waals surface area (Å²) in [7, 11) is 2.09. The van der Waals surface area contributed by atoms with Crippen LogP contribution in [0.15, 0.2) is 24.3 Å². The maximum Gasteiger partial charge on any atom is 0.234 e. The molecule has 156 valence electrons. The minimum atomic E-state index is 0.130. The predicted octanol–water partition coefficient (Wildman–Crippen LogP) is 2.30. The first-order valence-electron chi connectivity index (χ1n) is 11.0. The monoisotopic (exact) mass is 395 g/mol. The number of nitrogens with one attached hydrogen (secondary N) is 1. The van der Waals surface area contributed by atoms with E-state index in [0.29, 0.717) is 6.54 Å². The molecule has 0 unspecified atom stereocenters. The predicted molar refractivity (Wildman–Crippen MR) is 116 cm³/mol. The fourth-order valence-corrected chi connectivity index (χ4v) is 4.65. The Balaban J connectivity index is 1.21. The van der Waals surface area contributed by atoms with Gasteiger partial charge >= 0.3 is 0 Å². The van der Waals surface area contributed by atoms with Crippen LogP contribution >= 0.6 is 0 Å². The Labute approximate surface area is 173 Å². The molecule has 3 heterocycles. The van der Waals surface area contributed by atoms with Crippen LogP contribution in [0.2, 0.25) is 0 Å². The number of aromatic nitrogens is 2. The number of hydrogen-bond acceptors (Lipinski definition) is 4. The van der Waals surface area contributed by atoms with Gasteiger partial charge in [-0.3, -0.25) is 9.69 Å². The summed E-state index contributed by atoms with van der Waals surface area (Å²) in [5.41, 5.74) is 5.30. The number of carbonyl (C=O) groups excluding carboxylic acids is 1.